The van der Waals surface area contributed by atoms with Gasteiger partial charge in [0.25, 0.3) is 0 Å². The van der Waals surface area contributed by atoms with Crippen LogP contribution in [0.2, 0.25) is 0 Å². The third-order valence-electron chi connectivity index (χ3n) is 5.59. The first-order valence-electron chi connectivity index (χ1n) is 10.1. The van der Waals surface area contributed by atoms with Crippen LogP contribution in [0.1, 0.15) is 57.6 Å². The number of aliphatic imine (C=N–C) groups is 1. The summed E-state index contributed by atoms with van der Waals surface area (Å²) in [7, 11) is 1.96. The first kappa shape index (κ1) is 22.9. The number of hydrogen-bond acceptors (Lipinski definition) is 4. The topological polar surface area (TPSA) is 87.4 Å². The Morgan fingerprint density at radius 1 is 1.18 bits per heavy atom. The molecular formula is C19H34IN7O. The van der Waals surface area contributed by atoms with Crippen LogP contribution in [0.4, 0.5) is 0 Å². The van der Waals surface area contributed by atoms with Gasteiger partial charge in [0.05, 0.1) is 0 Å². The van der Waals surface area contributed by atoms with Crippen LogP contribution in [0, 0.1) is 12.8 Å². The van der Waals surface area contributed by atoms with Crippen molar-refractivity contribution in [1.82, 2.24) is 30.3 Å². The fraction of sp³-hybridized carbons (Fsp3) is 0.789. The summed E-state index contributed by atoms with van der Waals surface area (Å²) in [6.07, 6.45) is 5.87. The van der Waals surface area contributed by atoms with Crippen LogP contribution in [0.25, 0.3) is 0 Å². The monoisotopic (exact) mass is 503 g/mol. The van der Waals surface area contributed by atoms with Crippen LogP contribution < -0.4 is 10.6 Å². The molecule has 1 aliphatic carbocycles. The quantitative estimate of drug-likeness (QED) is 0.365. The largest absolute Gasteiger partial charge is 0.354 e. The zero-order chi connectivity index (χ0) is 19.4. The van der Waals surface area contributed by atoms with Crippen molar-refractivity contribution < 1.29 is 4.79 Å². The highest BCUT2D eigenvalue weighted by molar-refractivity contribution is 14.0. The van der Waals surface area contributed by atoms with Crippen LogP contribution >= 0.6 is 24.0 Å². The van der Waals surface area contributed by atoms with Crippen molar-refractivity contribution >= 4 is 35.8 Å². The van der Waals surface area contributed by atoms with Gasteiger partial charge < -0.3 is 20.1 Å². The van der Waals surface area contributed by atoms with Crippen LogP contribution in [0.15, 0.2) is 4.99 Å². The van der Waals surface area contributed by atoms with Gasteiger partial charge in [-0.15, -0.1) is 34.2 Å². The zero-order valence-electron chi connectivity index (χ0n) is 17.4. The van der Waals surface area contributed by atoms with Crippen molar-refractivity contribution in [3.63, 3.8) is 0 Å². The van der Waals surface area contributed by atoms with Gasteiger partial charge in [0.2, 0.25) is 5.91 Å². The molecular weight excluding hydrogens is 469 g/mol. The van der Waals surface area contributed by atoms with Gasteiger partial charge in [0, 0.05) is 38.1 Å². The number of halogens is 1. The van der Waals surface area contributed by atoms with Gasteiger partial charge in [-0.05, 0) is 26.2 Å². The number of carbonyl (C=O) groups is 1. The normalized spacial score (nSPS) is 20.5. The summed E-state index contributed by atoms with van der Waals surface area (Å²) < 4.78 is 1.97. The molecule has 2 aliphatic rings. The Bertz CT molecular complexity index is 682. The van der Waals surface area contributed by atoms with Crippen molar-refractivity contribution in [2.45, 2.75) is 71.5 Å². The van der Waals surface area contributed by atoms with Crippen molar-refractivity contribution in [3.8, 4) is 0 Å². The number of likely N-dealkylation sites (tertiary alicyclic amines) is 1. The second-order valence-corrected chi connectivity index (χ2v) is 8.08. The molecule has 2 N–H and O–H groups in total. The highest BCUT2D eigenvalue weighted by Crippen LogP contribution is 2.18. The van der Waals surface area contributed by atoms with Crippen LogP contribution in [0.3, 0.4) is 0 Å². The third-order valence-corrected chi connectivity index (χ3v) is 5.59. The molecule has 3 rings (SSSR count). The van der Waals surface area contributed by atoms with Crippen LogP contribution in [0.5, 0.6) is 0 Å². The standard InChI is InChI=1S/C19H33N7O.HI/c1-13(2)18(27)26-10-9-16(12-26)22-19(21-15-7-5-6-8-15)20-11-17-24-23-14(3)25(17)4;/h13,15-16H,5-12H2,1-4H3,(H2,20,21,22);1H. The molecule has 1 aromatic rings. The van der Waals surface area contributed by atoms with E-state index in [0.29, 0.717) is 12.6 Å². The van der Waals surface area contributed by atoms with E-state index < -0.39 is 0 Å². The number of nitrogens with one attached hydrogen (secondary N) is 2. The van der Waals surface area contributed by atoms with E-state index in [2.05, 4.69) is 20.8 Å². The Balaban J connectivity index is 0.00000280. The molecule has 0 aromatic carbocycles. The maximum absolute atomic E-state index is 12.2. The lowest BCUT2D eigenvalue weighted by atomic mass is 10.2. The lowest BCUT2D eigenvalue weighted by Crippen LogP contribution is -2.48. The van der Waals surface area contributed by atoms with Crippen molar-refractivity contribution in [2.24, 2.45) is 18.0 Å². The molecule has 9 heteroatoms. The molecule has 2 fully saturated rings. The van der Waals surface area contributed by atoms with Gasteiger partial charge in [-0.25, -0.2) is 4.99 Å². The van der Waals surface area contributed by atoms with E-state index in [1.807, 2.05) is 37.3 Å². The summed E-state index contributed by atoms with van der Waals surface area (Å²) in [4.78, 5) is 19.0. The number of guanidine groups is 1. The zero-order valence-corrected chi connectivity index (χ0v) is 19.8. The van der Waals surface area contributed by atoms with Gasteiger partial charge in [-0.3, -0.25) is 4.79 Å². The molecule has 28 heavy (non-hydrogen) atoms. The maximum Gasteiger partial charge on any atom is 0.225 e. The number of rotatable bonds is 5. The number of carbonyl (C=O) groups excluding carboxylic acids is 1. The summed E-state index contributed by atoms with van der Waals surface area (Å²) in [5, 5.41) is 15.4. The number of hydrogen-bond donors (Lipinski definition) is 2. The number of amides is 1. The van der Waals surface area contributed by atoms with Gasteiger partial charge in [-0.1, -0.05) is 26.7 Å². The Labute approximate surface area is 185 Å². The van der Waals surface area contributed by atoms with Crippen molar-refractivity contribution in [2.75, 3.05) is 13.1 Å². The minimum atomic E-state index is 0. The molecule has 2 heterocycles. The van der Waals surface area contributed by atoms with Crippen LogP contribution in [-0.4, -0.2) is 56.7 Å². The molecule has 8 nitrogen and oxygen atoms in total. The molecule has 1 atom stereocenters. The van der Waals surface area contributed by atoms with Gasteiger partial charge in [0.1, 0.15) is 12.4 Å². The van der Waals surface area contributed by atoms with E-state index in [9.17, 15) is 4.79 Å². The molecule has 1 saturated carbocycles. The molecule has 1 aliphatic heterocycles. The molecule has 158 valence electrons. The molecule has 1 aromatic heterocycles. The fourth-order valence-electron chi connectivity index (χ4n) is 3.77. The smallest absolute Gasteiger partial charge is 0.225 e. The summed E-state index contributed by atoms with van der Waals surface area (Å²) in [6, 6.07) is 0.717. The van der Waals surface area contributed by atoms with E-state index in [1.54, 1.807) is 0 Å². The molecule has 0 spiro atoms. The van der Waals surface area contributed by atoms with E-state index in [-0.39, 0.29) is 41.8 Å². The first-order chi connectivity index (χ1) is 12.9. The highest BCUT2D eigenvalue weighted by atomic mass is 127. The SMILES string of the molecule is Cc1nnc(CN=C(NC2CCCC2)NC2CCN(C(=O)C(C)C)C2)n1C.I. The second-order valence-electron chi connectivity index (χ2n) is 8.08. The van der Waals surface area contributed by atoms with E-state index in [4.69, 9.17) is 4.99 Å². The van der Waals surface area contributed by atoms with Crippen LogP contribution in [-0.2, 0) is 18.4 Å². The predicted molar refractivity (Wildman–Crippen MR) is 121 cm³/mol. The average molecular weight is 503 g/mol. The maximum atomic E-state index is 12.2. The number of aromatic nitrogens is 3. The van der Waals surface area contributed by atoms with E-state index in [1.165, 1.54) is 25.7 Å². The van der Waals surface area contributed by atoms with Gasteiger partial charge in [0.15, 0.2) is 11.8 Å². The minimum absolute atomic E-state index is 0. The summed E-state index contributed by atoms with van der Waals surface area (Å²) in [5.74, 6) is 2.84. The van der Waals surface area contributed by atoms with Crippen molar-refractivity contribution in [3.05, 3.63) is 11.6 Å². The highest BCUT2D eigenvalue weighted by Gasteiger charge is 2.28. The summed E-state index contributed by atoms with van der Waals surface area (Å²) in [6.45, 7) is 7.90. The fourth-order valence-corrected chi connectivity index (χ4v) is 3.77. The molecule has 1 amide bonds. The second kappa shape index (κ2) is 10.4. The van der Waals surface area contributed by atoms with Gasteiger partial charge >= 0.3 is 0 Å². The number of nitrogens with zero attached hydrogens (tertiary/aromatic N) is 5. The number of aryl methyl sites for hydroxylation is 1. The van der Waals surface area contributed by atoms with Gasteiger partial charge in [-0.2, -0.15) is 0 Å². The van der Waals surface area contributed by atoms with E-state index >= 15 is 0 Å². The molecule has 1 saturated heterocycles. The third kappa shape index (κ3) is 5.81. The summed E-state index contributed by atoms with van der Waals surface area (Å²) >= 11 is 0. The molecule has 1 unspecified atom stereocenters. The van der Waals surface area contributed by atoms with E-state index in [0.717, 1.165) is 37.1 Å². The Morgan fingerprint density at radius 3 is 2.46 bits per heavy atom. The Morgan fingerprint density at radius 2 is 1.86 bits per heavy atom. The average Bonchev–Trinajstić information content (AvgIpc) is 3.37. The Hall–Kier alpha value is -1.39. The molecule has 0 radical (unpaired) electrons. The Kier molecular flexibility index (Phi) is 8.51. The first-order valence-corrected chi connectivity index (χ1v) is 10.1. The predicted octanol–water partition coefficient (Wildman–Crippen LogP) is 1.98. The molecule has 0 bridgehead atoms. The minimum Gasteiger partial charge on any atom is -0.354 e. The lowest BCUT2D eigenvalue weighted by Gasteiger charge is -2.22. The summed E-state index contributed by atoms with van der Waals surface area (Å²) in [5.41, 5.74) is 0. The lowest BCUT2D eigenvalue weighted by molar-refractivity contribution is -0.133. The van der Waals surface area contributed by atoms with Crippen molar-refractivity contribution in [1.29, 1.82) is 0 Å².